The molecule has 3 heterocycles. The van der Waals surface area contributed by atoms with Gasteiger partial charge in [0.05, 0.1) is 29.0 Å². The zero-order valence-corrected chi connectivity index (χ0v) is 18.2. The van der Waals surface area contributed by atoms with Gasteiger partial charge in [0.25, 0.3) is 0 Å². The van der Waals surface area contributed by atoms with E-state index in [0.29, 0.717) is 33.1 Å². The van der Waals surface area contributed by atoms with Crippen LogP contribution >= 0.6 is 11.6 Å². The second-order valence-electron chi connectivity index (χ2n) is 7.53. The highest BCUT2D eigenvalue weighted by Gasteiger charge is 2.20. The molecule has 4 rings (SSSR count). The number of hydrogen-bond donors (Lipinski definition) is 1. The van der Waals surface area contributed by atoms with Gasteiger partial charge in [-0.15, -0.1) is 5.10 Å². The van der Waals surface area contributed by atoms with Crippen LogP contribution in [0.25, 0.3) is 22.4 Å². The van der Waals surface area contributed by atoms with Crippen molar-refractivity contribution in [3.8, 4) is 11.5 Å². The van der Waals surface area contributed by atoms with Crippen LogP contribution in [0.4, 0.5) is 5.69 Å². The summed E-state index contributed by atoms with van der Waals surface area (Å²) in [5.41, 5.74) is 5.03. The normalized spacial score (nSPS) is 12.3. The van der Waals surface area contributed by atoms with Gasteiger partial charge in [-0.1, -0.05) is 22.9 Å². The van der Waals surface area contributed by atoms with E-state index in [4.69, 9.17) is 16.0 Å². The molecule has 0 aliphatic rings. The Hall–Kier alpha value is -3.19. The Bertz CT molecular complexity index is 1330. The van der Waals surface area contributed by atoms with E-state index in [1.165, 1.54) is 0 Å². The highest BCUT2D eigenvalue weighted by Crippen LogP contribution is 2.32. The first-order valence-electron chi connectivity index (χ1n) is 9.59. The first kappa shape index (κ1) is 20.1. The average molecular weight is 424 g/mol. The first-order valence-corrected chi connectivity index (χ1v) is 9.96. The van der Waals surface area contributed by atoms with Crippen LogP contribution in [0, 0.1) is 20.8 Å². The van der Waals surface area contributed by atoms with Crippen LogP contribution in [0.1, 0.15) is 35.3 Å². The van der Waals surface area contributed by atoms with Crippen LogP contribution in [0.2, 0.25) is 5.15 Å². The number of nitrogens with one attached hydrogen (secondary N) is 1. The van der Waals surface area contributed by atoms with Gasteiger partial charge in [-0.3, -0.25) is 9.48 Å². The molecule has 0 radical (unpaired) electrons. The Balaban J connectivity index is 1.88. The van der Waals surface area contributed by atoms with Gasteiger partial charge in [-0.25, -0.2) is 4.98 Å². The Labute approximate surface area is 178 Å². The minimum absolute atomic E-state index is 0.0709. The maximum Gasteiger partial charge on any atom is 0.196 e. The van der Waals surface area contributed by atoms with Gasteiger partial charge in [0, 0.05) is 18.2 Å². The summed E-state index contributed by atoms with van der Waals surface area (Å²) < 4.78 is 7.85. The van der Waals surface area contributed by atoms with E-state index in [2.05, 4.69) is 20.6 Å². The van der Waals surface area contributed by atoms with Crippen LogP contribution in [-0.4, -0.2) is 20.0 Å². The highest BCUT2D eigenvalue weighted by molar-refractivity contribution is 6.29. The van der Waals surface area contributed by atoms with E-state index >= 15 is 0 Å². The molecule has 30 heavy (non-hydrogen) atoms. The average Bonchev–Trinajstić information content (AvgIpc) is 3.12. The molecule has 0 bridgehead atoms. The standard InChI is InChI=1S/C22H22ClN5O2/c1-11-8-15(13(3)24-17-6-7-19(23)25-14(17)4)22-16(9-11)20(29)12(2)21(30-22)18-10-28(5)27-26-18/h6-10,13,24H,1-5H3/t13-/m1/s1. The van der Waals surface area contributed by atoms with Gasteiger partial charge in [0.1, 0.15) is 16.4 Å². The molecule has 0 fully saturated rings. The lowest BCUT2D eigenvalue weighted by molar-refractivity contribution is 0.602. The van der Waals surface area contributed by atoms with E-state index in [9.17, 15) is 4.79 Å². The SMILES string of the molecule is Cc1cc([C@@H](C)Nc2ccc(Cl)nc2C)c2oc(-c3cn(C)nn3)c(C)c(=O)c2c1. The van der Waals surface area contributed by atoms with Crippen molar-refractivity contribution in [2.45, 2.75) is 33.7 Å². The minimum atomic E-state index is -0.144. The maximum absolute atomic E-state index is 13.1. The number of benzene rings is 1. The monoisotopic (exact) mass is 423 g/mol. The largest absolute Gasteiger partial charge is 0.453 e. The lowest BCUT2D eigenvalue weighted by Crippen LogP contribution is -2.13. The number of aryl methyl sites for hydroxylation is 3. The molecule has 0 unspecified atom stereocenters. The van der Waals surface area contributed by atoms with E-state index in [1.807, 2.05) is 39.0 Å². The number of rotatable bonds is 4. The molecule has 4 aromatic rings. The molecule has 8 heteroatoms. The van der Waals surface area contributed by atoms with Crippen molar-refractivity contribution in [1.82, 2.24) is 20.0 Å². The predicted octanol–water partition coefficient (Wildman–Crippen LogP) is 4.74. The molecule has 7 nitrogen and oxygen atoms in total. The Morgan fingerprint density at radius 2 is 1.97 bits per heavy atom. The zero-order valence-electron chi connectivity index (χ0n) is 17.4. The number of anilines is 1. The molecule has 154 valence electrons. The number of hydrogen-bond acceptors (Lipinski definition) is 6. The molecule has 0 aliphatic heterocycles. The van der Waals surface area contributed by atoms with Crippen molar-refractivity contribution >= 4 is 28.3 Å². The van der Waals surface area contributed by atoms with E-state index in [1.54, 1.807) is 30.9 Å². The topological polar surface area (TPSA) is 85.8 Å². The van der Waals surface area contributed by atoms with Gasteiger partial charge < -0.3 is 9.73 Å². The lowest BCUT2D eigenvalue weighted by atomic mass is 9.99. The van der Waals surface area contributed by atoms with Crippen molar-refractivity contribution in [2.75, 3.05) is 5.32 Å². The molecule has 1 aromatic carbocycles. The molecular weight excluding hydrogens is 402 g/mol. The summed E-state index contributed by atoms with van der Waals surface area (Å²) in [6, 6.07) is 7.38. The third-order valence-electron chi connectivity index (χ3n) is 5.12. The fourth-order valence-corrected chi connectivity index (χ4v) is 3.77. The molecule has 0 aliphatic carbocycles. The Morgan fingerprint density at radius 3 is 2.63 bits per heavy atom. The second kappa shape index (κ2) is 7.57. The number of halogens is 1. The number of aromatic nitrogens is 4. The molecule has 0 saturated carbocycles. The molecular formula is C22H22ClN5O2. The summed E-state index contributed by atoms with van der Waals surface area (Å²) >= 11 is 5.98. The van der Waals surface area contributed by atoms with E-state index < -0.39 is 0 Å². The molecule has 0 spiro atoms. The van der Waals surface area contributed by atoms with Crippen molar-refractivity contribution in [2.24, 2.45) is 7.05 Å². The van der Waals surface area contributed by atoms with E-state index in [-0.39, 0.29) is 11.5 Å². The summed E-state index contributed by atoms with van der Waals surface area (Å²) in [5.74, 6) is 0.433. The van der Waals surface area contributed by atoms with Crippen molar-refractivity contribution < 1.29 is 4.42 Å². The maximum atomic E-state index is 13.1. The minimum Gasteiger partial charge on any atom is -0.453 e. The third kappa shape index (κ3) is 3.57. The van der Waals surface area contributed by atoms with Gasteiger partial charge in [0.2, 0.25) is 0 Å². The molecule has 3 aromatic heterocycles. The van der Waals surface area contributed by atoms with Crippen molar-refractivity contribution in [3.05, 3.63) is 68.2 Å². The van der Waals surface area contributed by atoms with Crippen LogP contribution < -0.4 is 10.7 Å². The van der Waals surface area contributed by atoms with Crippen LogP contribution in [-0.2, 0) is 7.05 Å². The summed E-state index contributed by atoms with van der Waals surface area (Å²) in [7, 11) is 1.77. The summed E-state index contributed by atoms with van der Waals surface area (Å²) in [5, 5.41) is 12.5. The molecule has 1 atom stereocenters. The quantitative estimate of drug-likeness (QED) is 0.477. The predicted molar refractivity (Wildman–Crippen MR) is 118 cm³/mol. The summed E-state index contributed by atoms with van der Waals surface area (Å²) in [6.07, 6.45) is 1.73. The first-order chi connectivity index (χ1) is 14.2. The third-order valence-corrected chi connectivity index (χ3v) is 5.33. The van der Waals surface area contributed by atoms with Gasteiger partial charge in [-0.2, -0.15) is 0 Å². The van der Waals surface area contributed by atoms with Crippen molar-refractivity contribution in [1.29, 1.82) is 0 Å². The lowest BCUT2D eigenvalue weighted by Gasteiger charge is -2.19. The zero-order chi connectivity index (χ0) is 21.6. The Kier molecular flexibility index (Phi) is 5.07. The van der Waals surface area contributed by atoms with Crippen molar-refractivity contribution in [3.63, 3.8) is 0 Å². The van der Waals surface area contributed by atoms with Gasteiger partial charge >= 0.3 is 0 Å². The van der Waals surface area contributed by atoms with Crippen LogP contribution in [0.3, 0.4) is 0 Å². The van der Waals surface area contributed by atoms with Crippen LogP contribution in [0.5, 0.6) is 0 Å². The van der Waals surface area contributed by atoms with Gasteiger partial charge in [-0.05, 0) is 51.5 Å². The highest BCUT2D eigenvalue weighted by atomic mass is 35.5. The fourth-order valence-electron chi connectivity index (χ4n) is 3.58. The van der Waals surface area contributed by atoms with E-state index in [0.717, 1.165) is 22.5 Å². The number of pyridine rings is 1. The van der Waals surface area contributed by atoms with Crippen LogP contribution in [0.15, 0.2) is 39.7 Å². The molecule has 0 saturated heterocycles. The fraction of sp³-hybridized carbons (Fsp3) is 0.273. The smallest absolute Gasteiger partial charge is 0.196 e. The number of nitrogens with zero attached hydrogens (tertiary/aromatic N) is 4. The second-order valence-corrected chi connectivity index (χ2v) is 7.91. The van der Waals surface area contributed by atoms with Gasteiger partial charge in [0.15, 0.2) is 11.2 Å². The summed E-state index contributed by atoms with van der Waals surface area (Å²) in [6.45, 7) is 7.63. The number of fused-ring (bicyclic) bond motifs is 1. The molecule has 0 amide bonds. The molecule has 1 N–H and O–H groups in total. The summed E-state index contributed by atoms with van der Waals surface area (Å²) in [4.78, 5) is 17.4. The Morgan fingerprint density at radius 1 is 1.20 bits per heavy atom.